The fourth-order valence-electron chi connectivity index (χ4n) is 3.58. The van der Waals surface area contributed by atoms with Crippen LogP contribution in [-0.2, 0) is 0 Å². The molecule has 40 heavy (non-hydrogen) atoms. The monoisotopic (exact) mass is 538 g/mol. The van der Waals surface area contributed by atoms with Crippen LogP contribution < -0.4 is 15.1 Å². The third-order valence-corrected chi connectivity index (χ3v) is 5.66. The second-order valence-corrected chi connectivity index (χ2v) is 8.41. The number of nitrogens with zero attached hydrogens (tertiary/aromatic N) is 7. The van der Waals surface area contributed by atoms with Gasteiger partial charge in [-0.05, 0) is 37.3 Å². The molecule has 0 radical (unpaired) electrons. The van der Waals surface area contributed by atoms with Crippen LogP contribution in [0.3, 0.4) is 0 Å². The number of azo groups is 1. The summed E-state index contributed by atoms with van der Waals surface area (Å²) in [4.78, 5) is 25.2. The fraction of sp³-hybridized carbons (Fsp3) is 0.214. The number of nitro groups is 1. The number of amides is 1. The number of rotatable bonds is 11. The number of ether oxygens (including phenoxy) is 1. The number of anilines is 1. The van der Waals surface area contributed by atoms with Gasteiger partial charge in [-0.25, -0.2) is 5.43 Å². The molecule has 0 atom stereocenters. The first-order chi connectivity index (χ1) is 19.4. The maximum Gasteiger partial charge on any atom is 0.271 e. The maximum atomic E-state index is 12.7. The summed E-state index contributed by atoms with van der Waals surface area (Å²) in [7, 11) is 1.46. The molecule has 3 aromatic carbocycles. The molecule has 0 bridgehead atoms. The number of carbonyl (C=O) groups is 1. The van der Waals surface area contributed by atoms with Gasteiger partial charge in [0.2, 0.25) is 5.84 Å². The third kappa shape index (κ3) is 7.94. The average molecular weight is 539 g/mol. The lowest BCUT2D eigenvalue weighted by molar-refractivity contribution is -0.384. The van der Waals surface area contributed by atoms with Gasteiger partial charge >= 0.3 is 0 Å². The standard InChI is InChI=1S/C28H26N8O4/c1-20-8-10-21(11-9-20)28(37)34-33-27(32-31-22-6-3-7-24(18-22)36(38)39)25-13-12-23(19-26(25)40-2)35(16-4-14-29)17-5-15-30/h3,6-13,18-19H,4-5,16-17H2,1-2H3,(H,34,37)/b32-31?,33-27-. The number of hydrazone groups is 1. The summed E-state index contributed by atoms with van der Waals surface area (Å²) >= 11 is 0. The topological polar surface area (TPSA) is 169 Å². The lowest BCUT2D eigenvalue weighted by Gasteiger charge is -2.23. The Morgan fingerprint density at radius 1 is 1.05 bits per heavy atom. The van der Waals surface area contributed by atoms with E-state index in [1.807, 2.05) is 11.8 Å². The number of carbonyl (C=O) groups excluding carboxylic acids is 1. The van der Waals surface area contributed by atoms with Gasteiger partial charge in [-0.15, -0.1) is 15.3 Å². The zero-order chi connectivity index (χ0) is 28.9. The van der Waals surface area contributed by atoms with E-state index >= 15 is 0 Å². The van der Waals surface area contributed by atoms with Crippen molar-refractivity contribution in [3.63, 3.8) is 0 Å². The second kappa shape index (κ2) is 14.4. The predicted molar refractivity (Wildman–Crippen MR) is 148 cm³/mol. The van der Waals surface area contributed by atoms with Gasteiger partial charge in [-0.3, -0.25) is 14.9 Å². The molecule has 0 unspecified atom stereocenters. The van der Waals surface area contributed by atoms with E-state index in [-0.39, 0.29) is 30.1 Å². The number of methoxy groups -OCH3 is 1. The van der Waals surface area contributed by atoms with Gasteiger partial charge in [0.05, 0.1) is 48.3 Å². The number of hydrogen-bond donors (Lipinski definition) is 1. The van der Waals surface area contributed by atoms with Crippen LogP contribution in [-0.4, -0.2) is 36.9 Å². The molecule has 0 saturated heterocycles. The smallest absolute Gasteiger partial charge is 0.271 e. The summed E-state index contributed by atoms with van der Waals surface area (Å²) in [5.41, 5.74) is 5.01. The highest BCUT2D eigenvalue weighted by Gasteiger charge is 2.16. The van der Waals surface area contributed by atoms with Crippen molar-refractivity contribution in [2.75, 3.05) is 25.1 Å². The minimum Gasteiger partial charge on any atom is -0.496 e. The van der Waals surface area contributed by atoms with Gasteiger partial charge < -0.3 is 9.64 Å². The van der Waals surface area contributed by atoms with Gasteiger partial charge in [-0.2, -0.15) is 10.5 Å². The van der Waals surface area contributed by atoms with Gasteiger partial charge in [0.25, 0.3) is 11.6 Å². The van der Waals surface area contributed by atoms with Gasteiger partial charge in [0.15, 0.2) is 0 Å². The first-order valence-corrected chi connectivity index (χ1v) is 12.1. The van der Waals surface area contributed by atoms with Crippen LogP contribution in [0.25, 0.3) is 0 Å². The minimum atomic E-state index is -0.540. The number of nitro benzene ring substituents is 1. The number of hydrogen-bond acceptors (Lipinski definition) is 9. The summed E-state index contributed by atoms with van der Waals surface area (Å²) in [6.07, 6.45) is 0.537. The molecule has 202 valence electrons. The van der Waals surface area contributed by atoms with E-state index in [2.05, 4.69) is 32.9 Å². The Morgan fingerprint density at radius 2 is 1.75 bits per heavy atom. The zero-order valence-corrected chi connectivity index (χ0v) is 21.9. The maximum absolute atomic E-state index is 12.7. The van der Waals surface area contributed by atoms with Crippen molar-refractivity contribution in [3.8, 4) is 17.9 Å². The number of aryl methyl sites for hydroxylation is 1. The minimum absolute atomic E-state index is 0.0176. The molecule has 1 N–H and O–H groups in total. The first kappa shape index (κ1) is 28.9. The molecule has 0 aliphatic heterocycles. The van der Waals surface area contributed by atoms with Crippen molar-refractivity contribution >= 4 is 28.8 Å². The Kier molecular flexibility index (Phi) is 10.4. The van der Waals surface area contributed by atoms with Crippen molar-refractivity contribution in [2.45, 2.75) is 19.8 Å². The number of benzene rings is 3. The molecule has 0 saturated carbocycles. The van der Waals surface area contributed by atoms with Crippen LogP contribution >= 0.6 is 0 Å². The van der Waals surface area contributed by atoms with E-state index in [1.165, 1.54) is 25.3 Å². The Labute approximate surface area is 231 Å². The lowest BCUT2D eigenvalue weighted by Crippen LogP contribution is -2.25. The Hall–Kier alpha value is -5.62. The van der Waals surface area contributed by atoms with E-state index in [0.717, 1.165) is 5.56 Å². The molecule has 3 aromatic rings. The van der Waals surface area contributed by atoms with Crippen LogP contribution in [0.4, 0.5) is 17.1 Å². The van der Waals surface area contributed by atoms with E-state index in [9.17, 15) is 14.9 Å². The molecule has 3 rings (SSSR count). The van der Waals surface area contributed by atoms with E-state index in [4.69, 9.17) is 15.3 Å². The average Bonchev–Trinajstić information content (AvgIpc) is 2.97. The second-order valence-electron chi connectivity index (χ2n) is 8.41. The fourth-order valence-corrected chi connectivity index (χ4v) is 3.58. The van der Waals surface area contributed by atoms with E-state index in [1.54, 1.807) is 48.5 Å². The van der Waals surface area contributed by atoms with E-state index < -0.39 is 10.8 Å². The predicted octanol–water partition coefficient (Wildman–Crippen LogP) is 5.42. The van der Waals surface area contributed by atoms with Crippen LogP contribution in [0.15, 0.2) is 82.1 Å². The summed E-state index contributed by atoms with van der Waals surface area (Å²) in [5, 5.41) is 41.7. The summed E-state index contributed by atoms with van der Waals surface area (Å²) in [5.74, 6) is -0.147. The van der Waals surface area contributed by atoms with E-state index in [0.29, 0.717) is 35.7 Å². The number of nitrogens with one attached hydrogen (secondary N) is 1. The molecule has 0 aliphatic carbocycles. The lowest BCUT2D eigenvalue weighted by atomic mass is 10.1. The largest absolute Gasteiger partial charge is 0.496 e. The summed E-state index contributed by atoms with van der Waals surface area (Å²) in [6, 6.07) is 21.9. The quantitative estimate of drug-likeness (QED) is 0.112. The molecule has 0 aromatic heterocycles. The Balaban J connectivity index is 2.02. The van der Waals surface area contributed by atoms with Crippen LogP contribution in [0.5, 0.6) is 5.75 Å². The molecule has 12 nitrogen and oxygen atoms in total. The Bertz CT molecular complexity index is 1490. The van der Waals surface area contributed by atoms with Gasteiger partial charge in [0, 0.05) is 42.5 Å². The van der Waals surface area contributed by atoms with Crippen molar-refractivity contribution in [3.05, 3.63) is 93.5 Å². The highest BCUT2D eigenvalue weighted by molar-refractivity contribution is 6.03. The van der Waals surface area contributed by atoms with Crippen LogP contribution in [0.2, 0.25) is 0 Å². The molecule has 12 heteroatoms. The normalized spacial score (nSPS) is 10.9. The number of nitriles is 2. The Morgan fingerprint density at radius 3 is 2.38 bits per heavy atom. The molecule has 0 spiro atoms. The molecule has 0 fully saturated rings. The molecule has 0 heterocycles. The molecular weight excluding hydrogens is 512 g/mol. The first-order valence-electron chi connectivity index (χ1n) is 12.1. The summed E-state index contributed by atoms with van der Waals surface area (Å²) in [6.45, 7) is 2.74. The van der Waals surface area contributed by atoms with Gasteiger partial charge in [-0.1, -0.05) is 23.8 Å². The zero-order valence-electron chi connectivity index (χ0n) is 21.9. The SMILES string of the molecule is COc1cc(N(CCC#N)CCC#N)ccc1/C(N=Nc1cccc([N+](=O)[O-])c1)=N/NC(=O)c1ccc(C)cc1. The highest BCUT2D eigenvalue weighted by atomic mass is 16.6. The van der Waals surface area contributed by atoms with Crippen LogP contribution in [0.1, 0.15) is 34.3 Å². The molecular formula is C28H26N8O4. The third-order valence-electron chi connectivity index (χ3n) is 5.66. The highest BCUT2D eigenvalue weighted by Crippen LogP contribution is 2.28. The molecule has 0 aliphatic rings. The van der Waals surface area contributed by atoms with Crippen LogP contribution in [0, 0.1) is 39.7 Å². The summed E-state index contributed by atoms with van der Waals surface area (Å²) < 4.78 is 5.59. The van der Waals surface area contributed by atoms with Crippen molar-refractivity contribution in [1.29, 1.82) is 10.5 Å². The van der Waals surface area contributed by atoms with Gasteiger partial charge in [0.1, 0.15) is 5.75 Å². The van der Waals surface area contributed by atoms with Crippen molar-refractivity contribution < 1.29 is 14.5 Å². The van der Waals surface area contributed by atoms with Crippen molar-refractivity contribution in [1.82, 2.24) is 5.43 Å². The molecule has 1 amide bonds. The number of amidine groups is 1. The number of non-ortho nitro benzene ring substituents is 1. The van der Waals surface area contributed by atoms with Crippen molar-refractivity contribution in [2.24, 2.45) is 15.3 Å².